The van der Waals surface area contributed by atoms with Gasteiger partial charge in [0.25, 0.3) is 0 Å². The second-order valence-electron chi connectivity index (χ2n) is 3.23. The van der Waals surface area contributed by atoms with Gasteiger partial charge in [0, 0.05) is 11.6 Å². The number of benzene rings is 1. The minimum Gasteiger partial charge on any atom is -0.490 e. The number of nitro groups is 1. The van der Waals surface area contributed by atoms with E-state index in [1.807, 2.05) is 0 Å². The highest BCUT2D eigenvalue weighted by molar-refractivity contribution is 7.57. The number of nitrogens with zero attached hydrogens (tertiary/aromatic N) is 1. The number of methoxy groups -OCH3 is 1. The van der Waals surface area contributed by atoms with Crippen molar-refractivity contribution in [2.75, 3.05) is 7.11 Å². The molecule has 0 bridgehead atoms. The molecule has 10 heteroatoms. The molecule has 1 aromatic rings. The van der Waals surface area contributed by atoms with Gasteiger partial charge in [-0.15, -0.1) is 0 Å². The lowest BCUT2D eigenvalue weighted by molar-refractivity contribution is -0.385. The molecule has 0 saturated heterocycles. The van der Waals surface area contributed by atoms with Crippen molar-refractivity contribution in [3.63, 3.8) is 0 Å². The van der Waals surface area contributed by atoms with Crippen LogP contribution in [-0.4, -0.2) is 21.8 Å². The molecule has 0 aromatic heterocycles. The monoisotopic (exact) mass is 315 g/mol. The molecule has 18 heavy (non-hydrogen) atoms. The molecule has 0 unspecified atom stereocenters. The highest BCUT2D eigenvalue weighted by atomic mass is 35.5. The molecule has 2 N–H and O–H groups in total. The first-order valence-electron chi connectivity index (χ1n) is 4.37. The lowest BCUT2D eigenvalue weighted by atomic mass is 10.2. The van der Waals surface area contributed by atoms with E-state index in [1.165, 1.54) is 7.11 Å². The normalized spacial score (nSPS) is 12.3. The fourth-order valence-electron chi connectivity index (χ4n) is 1.18. The summed E-state index contributed by atoms with van der Waals surface area (Å²) >= 11 is 11.2. The van der Waals surface area contributed by atoms with Gasteiger partial charge in [-0.2, -0.15) is 0 Å². The molecule has 1 rings (SSSR count). The van der Waals surface area contributed by atoms with Crippen molar-refractivity contribution in [1.82, 2.24) is 0 Å². The van der Waals surface area contributed by atoms with Crippen LogP contribution in [0.1, 0.15) is 5.56 Å². The van der Waals surface area contributed by atoms with Crippen LogP contribution in [0.4, 0.5) is 5.69 Å². The molecule has 1 aromatic carbocycles. The summed E-state index contributed by atoms with van der Waals surface area (Å²) in [6.45, 7) is 0. The van der Waals surface area contributed by atoms with E-state index < -0.39 is 16.6 Å². The summed E-state index contributed by atoms with van der Waals surface area (Å²) in [5, 5.41) is 10.6. The molecule has 0 atom stereocenters. The number of hydrogen-bond donors (Lipinski definition) is 2. The minimum atomic E-state index is -4.85. The molecule has 0 fully saturated rings. The Morgan fingerprint density at radius 2 is 2.00 bits per heavy atom. The van der Waals surface area contributed by atoms with Gasteiger partial charge in [-0.25, -0.2) is 0 Å². The average molecular weight is 316 g/mol. The highest BCUT2D eigenvalue weighted by Gasteiger charge is 2.46. The molecule has 100 valence electrons. The first-order chi connectivity index (χ1) is 8.11. The zero-order chi connectivity index (χ0) is 14.1. The van der Waals surface area contributed by atoms with Crippen LogP contribution in [0.15, 0.2) is 18.2 Å². The van der Waals surface area contributed by atoms with E-state index in [2.05, 4.69) is 0 Å². The predicted octanol–water partition coefficient (Wildman–Crippen LogP) is 2.37. The van der Waals surface area contributed by atoms with E-state index in [4.69, 9.17) is 37.7 Å². The summed E-state index contributed by atoms with van der Waals surface area (Å²) in [5.74, 6) is -0.198. The third-order valence-electron chi connectivity index (χ3n) is 2.09. The number of nitro benzene ring substituents is 1. The van der Waals surface area contributed by atoms with E-state index >= 15 is 0 Å². The van der Waals surface area contributed by atoms with Gasteiger partial charge in [0.2, 0.25) is 4.07 Å². The van der Waals surface area contributed by atoms with E-state index in [9.17, 15) is 14.7 Å². The highest BCUT2D eigenvalue weighted by Crippen LogP contribution is 2.63. The fourth-order valence-corrected chi connectivity index (χ4v) is 1.89. The summed E-state index contributed by atoms with van der Waals surface area (Å²) in [6, 6.07) is 3.07. The number of rotatable bonds is 4. The Kier molecular flexibility index (Phi) is 4.25. The van der Waals surface area contributed by atoms with Crippen LogP contribution in [0, 0.1) is 10.1 Å². The van der Waals surface area contributed by atoms with Gasteiger partial charge < -0.3 is 14.5 Å². The van der Waals surface area contributed by atoms with Gasteiger partial charge in [0.1, 0.15) is 0 Å². The van der Waals surface area contributed by atoms with Crippen LogP contribution >= 0.6 is 30.8 Å². The Morgan fingerprint density at radius 3 is 2.39 bits per heavy atom. The molecular weight excluding hydrogens is 308 g/mol. The summed E-state index contributed by atoms with van der Waals surface area (Å²) < 4.78 is 13.4. The number of alkyl halides is 2. The van der Waals surface area contributed by atoms with Crippen LogP contribution in [0.2, 0.25) is 0 Å². The molecule has 0 aliphatic rings. The van der Waals surface area contributed by atoms with E-state index in [1.54, 1.807) is 0 Å². The van der Waals surface area contributed by atoms with Crippen LogP contribution in [0.25, 0.3) is 0 Å². The molecule has 0 aliphatic heterocycles. The van der Waals surface area contributed by atoms with Crippen molar-refractivity contribution < 1.29 is 24.0 Å². The topological polar surface area (TPSA) is 110 Å². The third-order valence-corrected chi connectivity index (χ3v) is 4.84. The van der Waals surface area contributed by atoms with Crippen LogP contribution in [-0.2, 0) is 8.64 Å². The van der Waals surface area contributed by atoms with E-state index in [-0.39, 0.29) is 17.0 Å². The Hall–Kier alpha value is -0.850. The zero-order valence-electron chi connectivity index (χ0n) is 8.91. The van der Waals surface area contributed by atoms with Gasteiger partial charge >= 0.3 is 13.3 Å². The quantitative estimate of drug-likeness (QED) is 0.382. The lowest BCUT2D eigenvalue weighted by Crippen LogP contribution is -2.11. The second kappa shape index (κ2) is 5.03. The van der Waals surface area contributed by atoms with Crippen molar-refractivity contribution in [1.29, 1.82) is 0 Å². The van der Waals surface area contributed by atoms with Gasteiger partial charge in [0.05, 0.1) is 12.0 Å². The SMILES string of the molecule is COc1cc(C(Cl)(Cl)P(=O)(O)O)ccc1[N+](=O)[O-]. The lowest BCUT2D eigenvalue weighted by Gasteiger charge is -2.21. The van der Waals surface area contributed by atoms with Crippen molar-refractivity contribution in [3.05, 3.63) is 33.9 Å². The first-order valence-corrected chi connectivity index (χ1v) is 6.74. The minimum absolute atomic E-state index is 0.193. The average Bonchev–Trinajstić information content (AvgIpc) is 2.26. The molecule has 7 nitrogen and oxygen atoms in total. The van der Waals surface area contributed by atoms with Gasteiger partial charge in [0.15, 0.2) is 5.75 Å². The van der Waals surface area contributed by atoms with Crippen molar-refractivity contribution in [2.24, 2.45) is 0 Å². The molecule has 0 aliphatic carbocycles. The van der Waals surface area contributed by atoms with Crippen LogP contribution in [0.3, 0.4) is 0 Å². The molecular formula is C8H8Cl2NO6P. The molecule has 0 heterocycles. The van der Waals surface area contributed by atoms with Crippen molar-refractivity contribution in [2.45, 2.75) is 4.07 Å². The summed E-state index contributed by atoms with van der Waals surface area (Å²) in [5.41, 5.74) is -0.558. The maximum Gasteiger partial charge on any atom is 0.365 e. The Labute approximate surface area is 112 Å². The second-order valence-corrected chi connectivity index (χ2v) is 6.84. The number of halogens is 2. The van der Waals surface area contributed by atoms with Gasteiger partial charge in [-0.05, 0) is 12.1 Å². The summed E-state index contributed by atoms with van der Waals surface area (Å²) in [4.78, 5) is 28.0. The number of ether oxygens (including phenoxy) is 1. The van der Waals surface area contributed by atoms with Crippen LogP contribution in [0.5, 0.6) is 5.75 Å². The smallest absolute Gasteiger partial charge is 0.365 e. The Bertz CT molecular complexity index is 528. The zero-order valence-corrected chi connectivity index (χ0v) is 11.3. The van der Waals surface area contributed by atoms with Gasteiger partial charge in [-0.3, -0.25) is 14.7 Å². The number of hydrogen-bond acceptors (Lipinski definition) is 4. The maximum absolute atomic E-state index is 11.1. The molecule has 0 amide bonds. The molecule has 0 radical (unpaired) electrons. The molecule has 0 saturated carbocycles. The van der Waals surface area contributed by atoms with Crippen molar-refractivity contribution >= 4 is 36.5 Å². The molecule has 0 spiro atoms. The summed E-state index contributed by atoms with van der Waals surface area (Å²) in [6.07, 6.45) is 0. The third kappa shape index (κ3) is 2.76. The van der Waals surface area contributed by atoms with E-state index in [0.29, 0.717) is 0 Å². The predicted molar refractivity (Wildman–Crippen MR) is 65.1 cm³/mol. The van der Waals surface area contributed by atoms with Crippen molar-refractivity contribution in [3.8, 4) is 5.75 Å². The Balaban J connectivity index is 3.38. The maximum atomic E-state index is 11.1. The van der Waals surface area contributed by atoms with Gasteiger partial charge in [-0.1, -0.05) is 23.2 Å². The first kappa shape index (κ1) is 15.2. The van der Waals surface area contributed by atoms with Crippen LogP contribution < -0.4 is 4.74 Å². The Morgan fingerprint density at radius 1 is 1.44 bits per heavy atom. The standard InChI is InChI=1S/C8H8Cl2NO6P/c1-17-7-4-5(2-3-6(7)11(12)13)8(9,10)18(14,15)16/h2-4H,1H3,(H2,14,15,16). The van der Waals surface area contributed by atoms with E-state index in [0.717, 1.165) is 18.2 Å². The fraction of sp³-hybridized carbons (Fsp3) is 0.250. The summed E-state index contributed by atoms with van der Waals surface area (Å²) in [7, 11) is -3.68. The largest absolute Gasteiger partial charge is 0.490 e.